The van der Waals surface area contributed by atoms with Crippen molar-refractivity contribution in [3.8, 4) is 0 Å². The van der Waals surface area contributed by atoms with Crippen LogP contribution >= 0.6 is 0 Å². The Morgan fingerprint density at radius 2 is 1.52 bits per heavy atom. The normalized spacial score (nSPS) is 21.6. The number of rotatable bonds is 3. The summed E-state index contributed by atoms with van der Waals surface area (Å²) in [4.78, 5) is 4.92. The van der Waals surface area contributed by atoms with Gasteiger partial charge in [0.1, 0.15) is 0 Å². The van der Waals surface area contributed by atoms with E-state index >= 15 is 0 Å². The topological polar surface area (TPSA) is 12.4 Å². The van der Waals surface area contributed by atoms with Crippen molar-refractivity contribution < 1.29 is 0 Å². The van der Waals surface area contributed by atoms with Crippen LogP contribution in [0.25, 0.3) is 5.57 Å². The Bertz CT molecular complexity index is 653. The minimum atomic E-state index is 0.143. The van der Waals surface area contributed by atoms with Gasteiger partial charge in [-0.25, -0.2) is 0 Å². The van der Waals surface area contributed by atoms with Crippen LogP contribution in [0.2, 0.25) is 0 Å². The minimum Gasteiger partial charge on any atom is -0.282 e. The molecule has 0 N–H and O–H groups in total. The molecule has 1 nitrogen and oxygen atoms in total. The van der Waals surface area contributed by atoms with E-state index in [1.165, 1.54) is 22.4 Å². The largest absolute Gasteiger partial charge is 0.282 e. The molecule has 0 spiro atoms. The van der Waals surface area contributed by atoms with Crippen molar-refractivity contribution in [2.45, 2.75) is 26.3 Å². The fraction of sp³-hybridized carbons (Fsp3) is 0.250. The summed E-state index contributed by atoms with van der Waals surface area (Å²) in [7, 11) is 0. The second kappa shape index (κ2) is 6.09. The monoisotopic (exact) mass is 275 g/mol. The zero-order valence-corrected chi connectivity index (χ0v) is 12.7. The van der Waals surface area contributed by atoms with E-state index in [4.69, 9.17) is 4.99 Å². The summed E-state index contributed by atoms with van der Waals surface area (Å²) in [6, 6.07) is 21.4. The Morgan fingerprint density at radius 1 is 0.905 bits per heavy atom. The first kappa shape index (κ1) is 13.8. The van der Waals surface area contributed by atoms with Crippen molar-refractivity contribution in [3.05, 3.63) is 77.9 Å². The van der Waals surface area contributed by atoms with Crippen LogP contribution in [0.5, 0.6) is 0 Å². The lowest BCUT2D eigenvalue weighted by Crippen LogP contribution is -2.18. The van der Waals surface area contributed by atoms with E-state index in [9.17, 15) is 0 Å². The molecule has 0 amide bonds. The number of benzene rings is 2. The van der Waals surface area contributed by atoms with E-state index in [-0.39, 0.29) is 6.04 Å². The zero-order valence-electron chi connectivity index (χ0n) is 12.7. The maximum absolute atomic E-state index is 4.92. The Kier molecular flexibility index (Phi) is 4.01. The number of dihydropyridines is 1. The molecule has 0 saturated carbocycles. The van der Waals surface area contributed by atoms with Crippen LogP contribution in [-0.2, 0) is 0 Å². The van der Waals surface area contributed by atoms with Gasteiger partial charge in [0.2, 0.25) is 0 Å². The van der Waals surface area contributed by atoms with Gasteiger partial charge in [-0.05, 0) is 30.0 Å². The van der Waals surface area contributed by atoms with Crippen molar-refractivity contribution in [3.63, 3.8) is 0 Å². The van der Waals surface area contributed by atoms with E-state index in [0.29, 0.717) is 5.92 Å². The molecule has 21 heavy (non-hydrogen) atoms. The molecule has 0 fully saturated rings. The Labute approximate surface area is 127 Å². The molecule has 0 aromatic heterocycles. The maximum Gasteiger partial charge on any atom is 0.0935 e. The van der Waals surface area contributed by atoms with Gasteiger partial charge >= 0.3 is 0 Å². The molecule has 3 rings (SSSR count). The quantitative estimate of drug-likeness (QED) is 0.719. The predicted molar refractivity (Wildman–Crippen MR) is 90.5 cm³/mol. The molecular weight excluding hydrogens is 254 g/mol. The molecule has 106 valence electrons. The van der Waals surface area contributed by atoms with E-state index in [0.717, 1.165) is 6.42 Å². The Balaban J connectivity index is 2.04. The zero-order chi connectivity index (χ0) is 14.7. The number of hydrogen-bond acceptors (Lipinski definition) is 1. The van der Waals surface area contributed by atoms with Crippen LogP contribution in [0.3, 0.4) is 0 Å². The molecule has 1 aliphatic heterocycles. The van der Waals surface area contributed by atoms with E-state index in [2.05, 4.69) is 80.6 Å². The van der Waals surface area contributed by atoms with Crippen LogP contribution in [-0.4, -0.2) is 5.71 Å². The lowest BCUT2D eigenvalue weighted by molar-refractivity contribution is 0.771. The first-order chi connectivity index (χ1) is 10.3. The SMILES string of the molecule is CCC1C(c2ccccc2)=CC(c2ccccc2)N=C1C. The van der Waals surface area contributed by atoms with Gasteiger partial charge in [-0.1, -0.05) is 73.7 Å². The summed E-state index contributed by atoms with van der Waals surface area (Å²) < 4.78 is 0. The van der Waals surface area contributed by atoms with Gasteiger partial charge in [0.05, 0.1) is 6.04 Å². The highest BCUT2D eigenvalue weighted by molar-refractivity contribution is 5.97. The molecule has 0 radical (unpaired) electrons. The molecule has 1 aliphatic rings. The van der Waals surface area contributed by atoms with Gasteiger partial charge in [0.25, 0.3) is 0 Å². The third-order valence-corrected chi connectivity index (χ3v) is 4.22. The van der Waals surface area contributed by atoms with Crippen LogP contribution in [0.1, 0.15) is 37.4 Å². The van der Waals surface area contributed by atoms with Gasteiger partial charge < -0.3 is 0 Å². The maximum atomic E-state index is 4.92. The number of aliphatic imine (C=N–C) groups is 1. The van der Waals surface area contributed by atoms with Gasteiger partial charge in [0, 0.05) is 11.6 Å². The highest BCUT2D eigenvalue weighted by Gasteiger charge is 2.24. The standard InChI is InChI=1S/C20H21N/c1-3-18-15(2)21-20(17-12-8-5-9-13-17)14-19(18)16-10-6-4-7-11-16/h4-14,18,20H,3H2,1-2H3. The second-order valence-corrected chi connectivity index (χ2v) is 5.57. The molecule has 2 atom stereocenters. The lowest BCUT2D eigenvalue weighted by atomic mass is 9.83. The van der Waals surface area contributed by atoms with E-state index < -0.39 is 0 Å². The van der Waals surface area contributed by atoms with Crippen molar-refractivity contribution in [2.75, 3.05) is 0 Å². The molecule has 2 aromatic carbocycles. The van der Waals surface area contributed by atoms with Crippen LogP contribution in [0.4, 0.5) is 0 Å². The lowest BCUT2D eigenvalue weighted by Gasteiger charge is -2.27. The first-order valence-electron chi connectivity index (χ1n) is 7.66. The second-order valence-electron chi connectivity index (χ2n) is 5.57. The third kappa shape index (κ3) is 2.82. The van der Waals surface area contributed by atoms with Crippen molar-refractivity contribution in [1.29, 1.82) is 0 Å². The first-order valence-corrected chi connectivity index (χ1v) is 7.66. The fourth-order valence-corrected chi connectivity index (χ4v) is 3.12. The van der Waals surface area contributed by atoms with Crippen molar-refractivity contribution in [2.24, 2.45) is 10.9 Å². The summed E-state index contributed by atoms with van der Waals surface area (Å²) in [5.74, 6) is 0.437. The minimum absolute atomic E-state index is 0.143. The molecule has 2 unspecified atom stereocenters. The van der Waals surface area contributed by atoms with Gasteiger partial charge in [-0.3, -0.25) is 4.99 Å². The number of hydrogen-bond donors (Lipinski definition) is 0. The Morgan fingerprint density at radius 3 is 2.14 bits per heavy atom. The molecule has 1 heterocycles. The van der Waals surface area contributed by atoms with Crippen LogP contribution < -0.4 is 0 Å². The summed E-state index contributed by atoms with van der Waals surface area (Å²) in [6.07, 6.45) is 3.43. The smallest absolute Gasteiger partial charge is 0.0935 e. The van der Waals surface area contributed by atoms with Crippen LogP contribution in [0, 0.1) is 5.92 Å². The van der Waals surface area contributed by atoms with Gasteiger partial charge in [0.15, 0.2) is 0 Å². The number of allylic oxidation sites excluding steroid dienone is 1. The van der Waals surface area contributed by atoms with Crippen molar-refractivity contribution in [1.82, 2.24) is 0 Å². The average Bonchev–Trinajstić information content (AvgIpc) is 2.55. The van der Waals surface area contributed by atoms with Crippen molar-refractivity contribution >= 4 is 11.3 Å². The predicted octanol–water partition coefficient (Wildman–Crippen LogP) is 5.31. The fourth-order valence-electron chi connectivity index (χ4n) is 3.12. The highest BCUT2D eigenvalue weighted by Crippen LogP contribution is 2.36. The molecule has 0 aliphatic carbocycles. The van der Waals surface area contributed by atoms with Gasteiger partial charge in [-0.2, -0.15) is 0 Å². The summed E-state index contributed by atoms with van der Waals surface area (Å²) >= 11 is 0. The molecule has 2 aromatic rings. The van der Waals surface area contributed by atoms with E-state index in [1.807, 2.05) is 0 Å². The average molecular weight is 275 g/mol. The molecule has 1 heteroatoms. The molecule has 0 saturated heterocycles. The summed E-state index contributed by atoms with van der Waals surface area (Å²) in [5.41, 5.74) is 5.24. The summed E-state index contributed by atoms with van der Waals surface area (Å²) in [6.45, 7) is 4.41. The highest BCUT2D eigenvalue weighted by atomic mass is 14.8. The summed E-state index contributed by atoms with van der Waals surface area (Å²) in [5, 5.41) is 0. The van der Waals surface area contributed by atoms with E-state index in [1.54, 1.807) is 0 Å². The third-order valence-electron chi connectivity index (χ3n) is 4.22. The van der Waals surface area contributed by atoms with Crippen LogP contribution in [0.15, 0.2) is 71.7 Å². The van der Waals surface area contributed by atoms with Gasteiger partial charge in [-0.15, -0.1) is 0 Å². The number of nitrogens with zero attached hydrogens (tertiary/aromatic N) is 1. The molecule has 0 bridgehead atoms. The molecular formula is C20H21N. The Hall–Kier alpha value is -2.15.